The minimum absolute atomic E-state index is 0.175. The van der Waals surface area contributed by atoms with E-state index in [-0.39, 0.29) is 6.10 Å². The van der Waals surface area contributed by atoms with E-state index in [2.05, 4.69) is 16.8 Å². The molecular weight excluding hydrogens is 242 g/mol. The maximum atomic E-state index is 5.63. The summed E-state index contributed by atoms with van der Waals surface area (Å²) in [7, 11) is 0. The summed E-state index contributed by atoms with van der Waals surface area (Å²) >= 11 is 1.61. The fraction of sp³-hybridized carbons (Fsp3) is 0.267. The molecule has 18 heavy (non-hydrogen) atoms. The molecule has 3 heteroatoms. The smallest absolute Gasteiger partial charge is 0.124 e. The lowest BCUT2D eigenvalue weighted by atomic mass is 10.2. The van der Waals surface area contributed by atoms with E-state index in [1.165, 1.54) is 0 Å². The molecule has 0 saturated carbocycles. The molecule has 1 heterocycles. The molecule has 0 saturated heterocycles. The van der Waals surface area contributed by atoms with E-state index in [4.69, 9.17) is 4.74 Å². The summed E-state index contributed by atoms with van der Waals surface area (Å²) in [6.45, 7) is 6.00. The number of thiazole rings is 1. The van der Waals surface area contributed by atoms with E-state index in [0.29, 0.717) is 0 Å². The first kappa shape index (κ1) is 12.7. The van der Waals surface area contributed by atoms with Gasteiger partial charge in [0.2, 0.25) is 0 Å². The molecule has 0 radical (unpaired) electrons. The molecule has 0 aliphatic heterocycles. The molecule has 0 atom stereocenters. The highest BCUT2D eigenvalue weighted by Crippen LogP contribution is 2.14. The summed E-state index contributed by atoms with van der Waals surface area (Å²) in [4.78, 5) is 4.31. The Hall–Kier alpha value is -1.79. The van der Waals surface area contributed by atoms with Crippen molar-refractivity contribution in [2.75, 3.05) is 0 Å². The van der Waals surface area contributed by atoms with Crippen molar-refractivity contribution in [3.8, 4) is 17.6 Å². The quantitative estimate of drug-likeness (QED) is 0.766. The Balaban J connectivity index is 2.17. The molecule has 0 amide bonds. The summed E-state index contributed by atoms with van der Waals surface area (Å²) in [6, 6.07) is 7.82. The highest BCUT2D eigenvalue weighted by molar-refractivity contribution is 7.09. The zero-order chi connectivity index (χ0) is 13.0. The number of aromatic nitrogens is 1. The predicted octanol–water partition coefficient (Wildman–Crippen LogP) is 3.64. The van der Waals surface area contributed by atoms with Gasteiger partial charge in [-0.25, -0.2) is 4.98 Å². The standard InChI is InChI=1S/C15H15NOS/c1-11(2)17-15-6-4-5-13(9-15)7-8-14-10-18-12(3)16-14/h4-6,9-11H,1-3H3. The van der Waals surface area contributed by atoms with Gasteiger partial charge in [-0.1, -0.05) is 12.0 Å². The highest BCUT2D eigenvalue weighted by atomic mass is 32.1. The Labute approximate surface area is 112 Å². The van der Waals surface area contributed by atoms with Crippen molar-refractivity contribution in [2.24, 2.45) is 0 Å². The van der Waals surface area contributed by atoms with Gasteiger partial charge >= 0.3 is 0 Å². The third kappa shape index (κ3) is 3.61. The molecular formula is C15H15NOS. The molecule has 1 aromatic heterocycles. The van der Waals surface area contributed by atoms with Crippen LogP contribution >= 0.6 is 11.3 Å². The molecule has 0 aliphatic carbocycles. The molecule has 2 nitrogen and oxygen atoms in total. The first-order valence-electron chi connectivity index (χ1n) is 5.84. The SMILES string of the molecule is Cc1nc(C#Cc2cccc(OC(C)C)c2)cs1. The molecule has 0 N–H and O–H groups in total. The number of rotatable bonds is 2. The predicted molar refractivity (Wildman–Crippen MR) is 75.0 cm³/mol. The van der Waals surface area contributed by atoms with E-state index in [1.54, 1.807) is 11.3 Å². The monoisotopic (exact) mass is 257 g/mol. The van der Waals surface area contributed by atoms with Crippen LogP contribution in [0.3, 0.4) is 0 Å². The van der Waals surface area contributed by atoms with Crippen LogP contribution in [-0.4, -0.2) is 11.1 Å². The fourth-order valence-electron chi connectivity index (χ4n) is 1.48. The van der Waals surface area contributed by atoms with Crippen molar-refractivity contribution in [2.45, 2.75) is 26.9 Å². The van der Waals surface area contributed by atoms with Gasteiger partial charge in [-0.15, -0.1) is 11.3 Å². The normalized spacial score (nSPS) is 10.0. The second kappa shape index (κ2) is 5.70. The Morgan fingerprint density at radius 1 is 1.28 bits per heavy atom. The van der Waals surface area contributed by atoms with Crippen molar-refractivity contribution >= 4 is 11.3 Å². The molecule has 2 aromatic rings. The molecule has 92 valence electrons. The van der Waals surface area contributed by atoms with Gasteiger partial charge in [0.15, 0.2) is 0 Å². The Kier molecular flexibility index (Phi) is 4.01. The zero-order valence-corrected chi connectivity index (χ0v) is 11.5. The van der Waals surface area contributed by atoms with Gasteiger partial charge in [0.05, 0.1) is 11.1 Å². The average molecular weight is 257 g/mol. The number of ether oxygens (including phenoxy) is 1. The van der Waals surface area contributed by atoms with Crippen molar-refractivity contribution in [3.63, 3.8) is 0 Å². The van der Waals surface area contributed by atoms with Crippen LogP contribution < -0.4 is 4.74 Å². The maximum absolute atomic E-state index is 5.63. The molecule has 0 unspecified atom stereocenters. The lowest BCUT2D eigenvalue weighted by molar-refractivity contribution is 0.242. The minimum atomic E-state index is 0.175. The van der Waals surface area contributed by atoms with E-state index in [1.807, 2.05) is 50.4 Å². The summed E-state index contributed by atoms with van der Waals surface area (Å²) < 4.78 is 5.63. The number of nitrogens with zero attached hydrogens (tertiary/aromatic N) is 1. The van der Waals surface area contributed by atoms with Crippen LogP contribution in [0.15, 0.2) is 29.6 Å². The van der Waals surface area contributed by atoms with Crippen molar-refractivity contribution < 1.29 is 4.74 Å². The topological polar surface area (TPSA) is 22.1 Å². The van der Waals surface area contributed by atoms with Crippen LogP contribution in [-0.2, 0) is 0 Å². The van der Waals surface area contributed by atoms with Gasteiger partial charge in [0.1, 0.15) is 11.4 Å². The second-order valence-electron chi connectivity index (χ2n) is 4.20. The molecule has 2 rings (SSSR count). The van der Waals surface area contributed by atoms with Gasteiger partial charge in [0, 0.05) is 10.9 Å². The maximum Gasteiger partial charge on any atom is 0.124 e. The summed E-state index contributed by atoms with van der Waals surface area (Å²) in [6.07, 6.45) is 0.175. The van der Waals surface area contributed by atoms with E-state index >= 15 is 0 Å². The van der Waals surface area contributed by atoms with Gasteiger partial charge < -0.3 is 4.74 Å². The fourth-order valence-corrected chi connectivity index (χ4v) is 2.02. The lowest BCUT2D eigenvalue weighted by Gasteiger charge is -2.09. The van der Waals surface area contributed by atoms with Gasteiger partial charge in [-0.2, -0.15) is 0 Å². The summed E-state index contributed by atoms with van der Waals surface area (Å²) in [5.74, 6) is 7.01. The van der Waals surface area contributed by atoms with Gasteiger partial charge in [-0.3, -0.25) is 0 Å². The number of hydrogen-bond acceptors (Lipinski definition) is 3. The average Bonchev–Trinajstić information content (AvgIpc) is 2.72. The largest absolute Gasteiger partial charge is 0.491 e. The zero-order valence-electron chi connectivity index (χ0n) is 10.7. The lowest BCUT2D eigenvalue weighted by Crippen LogP contribution is -2.05. The van der Waals surface area contributed by atoms with Crippen LogP contribution in [0.2, 0.25) is 0 Å². The molecule has 0 aliphatic rings. The van der Waals surface area contributed by atoms with Crippen LogP contribution in [0, 0.1) is 18.8 Å². The minimum Gasteiger partial charge on any atom is -0.491 e. The number of hydrogen-bond donors (Lipinski definition) is 0. The van der Waals surface area contributed by atoms with Crippen molar-refractivity contribution in [1.82, 2.24) is 4.98 Å². The number of benzene rings is 1. The van der Waals surface area contributed by atoms with Crippen LogP contribution in [0.4, 0.5) is 0 Å². The van der Waals surface area contributed by atoms with Crippen LogP contribution in [0.1, 0.15) is 30.1 Å². The Morgan fingerprint density at radius 3 is 2.78 bits per heavy atom. The van der Waals surface area contributed by atoms with E-state index in [0.717, 1.165) is 22.0 Å². The third-order valence-corrected chi connectivity index (χ3v) is 2.93. The Bertz CT molecular complexity index is 590. The van der Waals surface area contributed by atoms with Crippen LogP contribution in [0.5, 0.6) is 5.75 Å². The molecule has 0 spiro atoms. The summed E-state index contributed by atoms with van der Waals surface area (Å²) in [5.41, 5.74) is 1.77. The molecule has 1 aromatic carbocycles. The number of aryl methyl sites for hydroxylation is 1. The second-order valence-corrected chi connectivity index (χ2v) is 5.26. The van der Waals surface area contributed by atoms with E-state index in [9.17, 15) is 0 Å². The summed E-state index contributed by atoms with van der Waals surface area (Å²) in [5, 5.41) is 3.01. The van der Waals surface area contributed by atoms with Crippen molar-refractivity contribution in [3.05, 3.63) is 45.9 Å². The highest BCUT2D eigenvalue weighted by Gasteiger charge is 1.98. The first-order chi connectivity index (χ1) is 8.63. The van der Waals surface area contributed by atoms with Crippen molar-refractivity contribution in [1.29, 1.82) is 0 Å². The van der Waals surface area contributed by atoms with Gasteiger partial charge in [0.25, 0.3) is 0 Å². The first-order valence-corrected chi connectivity index (χ1v) is 6.72. The van der Waals surface area contributed by atoms with Gasteiger partial charge in [-0.05, 0) is 44.9 Å². The van der Waals surface area contributed by atoms with E-state index < -0.39 is 0 Å². The van der Waals surface area contributed by atoms with Crippen LogP contribution in [0.25, 0.3) is 0 Å². The Morgan fingerprint density at radius 2 is 2.11 bits per heavy atom. The molecule has 0 bridgehead atoms. The molecule has 0 fully saturated rings. The third-order valence-electron chi connectivity index (χ3n) is 2.16.